The minimum absolute atomic E-state index is 0.533. The Morgan fingerprint density at radius 1 is 1.06 bits per heavy atom. The molecular formula is C22H22BrN5O3S. The Bertz CT molecular complexity index is 1170. The number of aryl methyl sites for hydroxylation is 2. The molecule has 0 amide bonds. The zero-order chi connectivity index (χ0) is 22.5. The van der Waals surface area contributed by atoms with Gasteiger partial charge in [0.05, 0.1) is 14.2 Å². The monoisotopic (exact) mass is 515 g/mol. The molecule has 0 aliphatic heterocycles. The molecule has 0 saturated carbocycles. The number of aromatic nitrogens is 4. The van der Waals surface area contributed by atoms with Gasteiger partial charge in [-0.3, -0.25) is 14.3 Å². The van der Waals surface area contributed by atoms with Crippen molar-refractivity contribution in [3.63, 3.8) is 0 Å². The first-order valence-corrected chi connectivity index (χ1v) is 11.6. The van der Waals surface area contributed by atoms with E-state index in [4.69, 9.17) is 13.9 Å². The van der Waals surface area contributed by atoms with E-state index >= 15 is 0 Å². The van der Waals surface area contributed by atoms with Gasteiger partial charge in [0.15, 0.2) is 5.76 Å². The largest absolute Gasteiger partial charge is 0.494 e. The molecule has 0 bridgehead atoms. The first-order chi connectivity index (χ1) is 15.6. The molecule has 0 unspecified atom stereocenters. The summed E-state index contributed by atoms with van der Waals surface area (Å²) in [6.07, 6.45) is 2.61. The van der Waals surface area contributed by atoms with Gasteiger partial charge in [0.25, 0.3) is 0 Å². The third-order valence-corrected chi connectivity index (χ3v) is 5.87. The predicted octanol–water partition coefficient (Wildman–Crippen LogP) is 5.31. The molecule has 0 radical (unpaired) electrons. The molecule has 4 rings (SSSR count). The summed E-state index contributed by atoms with van der Waals surface area (Å²) in [5.74, 6) is 4.50. The Hall–Kier alpha value is -2.98. The van der Waals surface area contributed by atoms with E-state index < -0.39 is 0 Å². The third-order valence-electron chi connectivity index (χ3n) is 4.66. The van der Waals surface area contributed by atoms with Crippen LogP contribution in [0.25, 0.3) is 17.3 Å². The Morgan fingerprint density at radius 3 is 2.47 bits per heavy atom. The highest BCUT2D eigenvalue weighted by Gasteiger charge is 2.23. The van der Waals surface area contributed by atoms with E-state index in [-0.39, 0.29) is 0 Å². The Labute approximate surface area is 198 Å². The smallest absolute Gasteiger partial charge is 0.239 e. The van der Waals surface area contributed by atoms with Gasteiger partial charge in [-0.25, -0.2) is 0 Å². The molecule has 1 aromatic carbocycles. The van der Waals surface area contributed by atoms with Gasteiger partial charge in [-0.2, -0.15) is 0 Å². The third kappa shape index (κ3) is 4.76. The van der Waals surface area contributed by atoms with E-state index in [2.05, 4.69) is 35.8 Å². The number of hydrogen-bond donors (Lipinski definition) is 1. The van der Waals surface area contributed by atoms with Gasteiger partial charge >= 0.3 is 0 Å². The maximum absolute atomic E-state index is 5.83. The van der Waals surface area contributed by atoms with E-state index in [9.17, 15) is 0 Å². The number of nitrogens with zero attached hydrogens (tertiary/aromatic N) is 4. The van der Waals surface area contributed by atoms with Crippen LogP contribution < -0.4 is 14.2 Å². The standard InChI is InChI=1S/C22H22BrN5O3S/c1-14-7-10-19(31-14)21-25-26-22(27-32-12-11-16-9-8-15(23)13-24-16)28(21)20-17(29-2)5-4-6-18(20)30-3/h4-10,13H,11-12H2,1-3H3,(H,26,27). The van der Waals surface area contributed by atoms with Crippen LogP contribution in [0.5, 0.6) is 11.5 Å². The zero-order valence-corrected chi connectivity index (χ0v) is 20.2. The molecule has 3 heterocycles. The normalized spacial score (nSPS) is 10.9. The van der Waals surface area contributed by atoms with Gasteiger partial charge in [0.1, 0.15) is 22.9 Å². The summed E-state index contributed by atoms with van der Waals surface area (Å²) in [5, 5.41) is 8.76. The molecule has 4 aromatic rings. The van der Waals surface area contributed by atoms with E-state index in [0.29, 0.717) is 34.7 Å². The fourth-order valence-electron chi connectivity index (χ4n) is 3.15. The molecule has 0 aliphatic rings. The van der Waals surface area contributed by atoms with E-state index in [0.717, 1.165) is 28.1 Å². The van der Waals surface area contributed by atoms with Gasteiger partial charge in [0.2, 0.25) is 11.8 Å². The summed E-state index contributed by atoms with van der Waals surface area (Å²) in [6.45, 7) is 1.89. The summed E-state index contributed by atoms with van der Waals surface area (Å²) in [7, 11) is 3.23. The molecule has 8 nitrogen and oxygen atoms in total. The van der Waals surface area contributed by atoms with Crippen molar-refractivity contribution < 1.29 is 13.9 Å². The number of halogens is 1. The Balaban J connectivity index is 1.65. The predicted molar refractivity (Wildman–Crippen MR) is 129 cm³/mol. The number of para-hydroxylation sites is 1. The fourth-order valence-corrected chi connectivity index (χ4v) is 4.06. The first kappa shape index (κ1) is 22.2. The van der Waals surface area contributed by atoms with E-state index in [1.165, 1.54) is 11.9 Å². The molecule has 0 spiro atoms. The quantitative estimate of drug-likeness (QED) is 0.237. The van der Waals surface area contributed by atoms with Crippen LogP contribution in [-0.4, -0.2) is 39.7 Å². The average Bonchev–Trinajstić information content (AvgIpc) is 3.43. The molecule has 3 aromatic heterocycles. The van der Waals surface area contributed by atoms with Crippen LogP contribution in [0.15, 0.2) is 57.6 Å². The molecular weight excluding hydrogens is 494 g/mol. The second-order valence-corrected chi connectivity index (χ2v) is 8.59. The van der Waals surface area contributed by atoms with Gasteiger partial charge in [0, 0.05) is 28.5 Å². The van der Waals surface area contributed by atoms with E-state index in [1.54, 1.807) is 20.4 Å². The van der Waals surface area contributed by atoms with Crippen LogP contribution in [0.1, 0.15) is 11.5 Å². The van der Waals surface area contributed by atoms with Crippen molar-refractivity contribution in [2.75, 3.05) is 24.7 Å². The van der Waals surface area contributed by atoms with Crippen LogP contribution in [0.3, 0.4) is 0 Å². The summed E-state index contributed by atoms with van der Waals surface area (Å²) >= 11 is 4.93. The molecule has 0 atom stereocenters. The zero-order valence-electron chi connectivity index (χ0n) is 17.8. The van der Waals surface area contributed by atoms with Crippen molar-refractivity contribution in [1.82, 2.24) is 19.7 Å². The number of hydrogen-bond acceptors (Lipinski definition) is 8. The number of furan rings is 1. The minimum Gasteiger partial charge on any atom is -0.494 e. The number of nitrogens with one attached hydrogen (secondary N) is 1. The van der Waals surface area contributed by atoms with Gasteiger partial charge in [-0.15, -0.1) is 10.2 Å². The molecule has 1 N–H and O–H groups in total. The van der Waals surface area contributed by atoms with Crippen LogP contribution in [0, 0.1) is 6.92 Å². The number of ether oxygens (including phenoxy) is 2. The van der Waals surface area contributed by atoms with Gasteiger partial charge in [-0.1, -0.05) is 6.07 Å². The number of anilines is 1. The van der Waals surface area contributed by atoms with Crippen LogP contribution >= 0.6 is 27.9 Å². The molecule has 0 fully saturated rings. The Morgan fingerprint density at radius 2 is 1.84 bits per heavy atom. The second-order valence-electron chi connectivity index (χ2n) is 6.77. The maximum Gasteiger partial charge on any atom is 0.239 e. The summed E-state index contributed by atoms with van der Waals surface area (Å²) in [4.78, 5) is 4.41. The molecule has 10 heteroatoms. The lowest BCUT2D eigenvalue weighted by molar-refractivity contribution is 0.391. The first-order valence-electron chi connectivity index (χ1n) is 9.82. The van der Waals surface area contributed by atoms with Crippen molar-refractivity contribution in [3.8, 4) is 28.8 Å². The fraction of sp³-hybridized carbons (Fsp3) is 0.227. The number of pyridine rings is 1. The molecule has 32 heavy (non-hydrogen) atoms. The van der Waals surface area contributed by atoms with Crippen molar-refractivity contribution >= 4 is 33.8 Å². The highest BCUT2D eigenvalue weighted by Crippen LogP contribution is 2.38. The lowest BCUT2D eigenvalue weighted by Crippen LogP contribution is -2.07. The lowest BCUT2D eigenvalue weighted by atomic mass is 10.2. The van der Waals surface area contributed by atoms with Crippen molar-refractivity contribution in [2.24, 2.45) is 0 Å². The highest BCUT2D eigenvalue weighted by molar-refractivity contribution is 9.10. The van der Waals surface area contributed by atoms with Crippen LogP contribution in [0.2, 0.25) is 0 Å². The highest BCUT2D eigenvalue weighted by atomic mass is 79.9. The molecule has 0 aliphatic carbocycles. The van der Waals surface area contributed by atoms with Crippen molar-refractivity contribution in [2.45, 2.75) is 13.3 Å². The summed E-state index contributed by atoms with van der Waals surface area (Å²) < 4.78 is 23.2. The number of methoxy groups -OCH3 is 2. The topological polar surface area (TPSA) is 87.2 Å². The number of benzene rings is 1. The van der Waals surface area contributed by atoms with Crippen molar-refractivity contribution in [3.05, 3.63) is 64.6 Å². The maximum atomic E-state index is 5.83. The van der Waals surface area contributed by atoms with Crippen LogP contribution in [-0.2, 0) is 6.42 Å². The Kier molecular flexibility index (Phi) is 7.01. The van der Waals surface area contributed by atoms with Crippen molar-refractivity contribution in [1.29, 1.82) is 0 Å². The van der Waals surface area contributed by atoms with E-state index in [1.807, 2.05) is 54.0 Å². The SMILES string of the molecule is COc1cccc(OC)c1-n1c(NSCCc2ccc(Br)cn2)nnc1-c1ccc(C)o1. The minimum atomic E-state index is 0.533. The number of rotatable bonds is 9. The lowest BCUT2D eigenvalue weighted by Gasteiger charge is -2.16. The summed E-state index contributed by atoms with van der Waals surface area (Å²) in [6, 6.07) is 13.4. The van der Waals surface area contributed by atoms with Gasteiger partial charge in [-0.05, 0) is 71.2 Å². The molecule has 0 saturated heterocycles. The second kappa shape index (κ2) is 10.1. The molecule has 166 valence electrons. The van der Waals surface area contributed by atoms with Crippen LogP contribution in [0.4, 0.5) is 5.95 Å². The summed E-state index contributed by atoms with van der Waals surface area (Å²) in [5.41, 5.74) is 1.70. The average molecular weight is 516 g/mol. The van der Waals surface area contributed by atoms with Gasteiger partial charge < -0.3 is 13.9 Å².